The molecule has 1 aromatic heterocycles. The minimum Gasteiger partial charge on any atom is -0.464 e. The number of nitrogens with zero attached hydrogens (tertiary/aromatic N) is 1. The number of halogens is 3. The van der Waals surface area contributed by atoms with E-state index in [1.165, 1.54) is 4.90 Å². The molecule has 21 heavy (non-hydrogen) atoms. The highest BCUT2D eigenvalue weighted by molar-refractivity contribution is 5.78. The zero-order valence-electron chi connectivity index (χ0n) is 11.5. The number of carbonyl (C=O) groups is 1. The number of hydrogen-bond donors (Lipinski definition) is 0. The van der Waals surface area contributed by atoms with Crippen LogP contribution in [0.1, 0.15) is 17.6 Å². The molecule has 5 nitrogen and oxygen atoms in total. The van der Waals surface area contributed by atoms with Crippen molar-refractivity contribution in [2.75, 3.05) is 33.0 Å². The van der Waals surface area contributed by atoms with Gasteiger partial charge >= 0.3 is 6.18 Å². The Balaban J connectivity index is 1.96. The van der Waals surface area contributed by atoms with E-state index in [0.29, 0.717) is 24.7 Å². The van der Waals surface area contributed by atoms with Gasteiger partial charge in [0.25, 0.3) is 0 Å². The lowest BCUT2D eigenvalue weighted by atomic mass is 10.1. The van der Waals surface area contributed by atoms with Gasteiger partial charge in [-0.1, -0.05) is 0 Å². The van der Waals surface area contributed by atoms with Gasteiger partial charge in [-0.05, 0) is 19.1 Å². The lowest BCUT2D eigenvalue weighted by molar-refractivity contribution is -0.180. The van der Waals surface area contributed by atoms with Crippen molar-refractivity contribution in [1.82, 2.24) is 4.90 Å². The first-order valence-corrected chi connectivity index (χ1v) is 6.45. The molecule has 0 radical (unpaired) electrons. The zero-order valence-corrected chi connectivity index (χ0v) is 11.5. The highest BCUT2D eigenvalue weighted by Crippen LogP contribution is 2.26. The molecule has 1 amide bonds. The molecule has 0 unspecified atom stereocenters. The SMILES string of the molecule is Cc1ccc([C@@H]2COCCN2C(=O)COCC(F)(F)F)o1. The molecule has 0 N–H and O–H groups in total. The average Bonchev–Trinajstić information content (AvgIpc) is 2.84. The molecule has 8 heteroatoms. The Morgan fingerprint density at radius 2 is 2.24 bits per heavy atom. The van der Waals surface area contributed by atoms with Crippen LogP contribution >= 0.6 is 0 Å². The van der Waals surface area contributed by atoms with Crippen LogP contribution in [0.4, 0.5) is 13.2 Å². The van der Waals surface area contributed by atoms with E-state index >= 15 is 0 Å². The van der Waals surface area contributed by atoms with Crippen molar-refractivity contribution in [3.63, 3.8) is 0 Å². The van der Waals surface area contributed by atoms with E-state index in [2.05, 4.69) is 4.74 Å². The third-order valence-electron chi connectivity index (χ3n) is 3.03. The predicted molar refractivity (Wildman–Crippen MR) is 65.6 cm³/mol. The Morgan fingerprint density at radius 1 is 1.48 bits per heavy atom. The number of alkyl halides is 3. The minimum absolute atomic E-state index is 0.248. The lowest BCUT2D eigenvalue weighted by Crippen LogP contribution is -2.45. The Morgan fingerprint density at radius 3 is 2.86 bits per heavy atom. The van der Waals surface area contributed by atoms with Crippen LogP contribution in [-0.2, 0) is 14.3 Å². The molecule has 118 valence electrons. The minimum atomic E-state index is -4.44. The summed E-state index contributed by atoms with van der Waals surface area (Å²) in [6.07, 6.45) is -4.44. The molecule has 0 aromatic carbocycles. The fourth-order valence-electron chi connectivity index (χ4n) is 2.11. The molecule has 1 atom stereocenters. The summed E-state index contributed by atoms with van der Waals surface area (Å²) < 4.78 is 51.2. The first-order valence-electron chi connectivity index (χ1n) is 6.45. The van der Waals surface area contributed by atoms with Crippen LogP contribution < -0.4 is 0 Å². The topological polar surface area (TPSA) is 51.9 Å². The molecule has 1 aliphatic rings. The largest absolute Gasteiger partial charge is 0.464 e. The molecule has 1 aliphatic heterocycles. The van der Waals surface area contributed by atoms with Crippen molar-refractivity contribution >= 4 is 5.91 Å². The molecular formula is C13H16F3NO4. The Kier molecular flexibility index (Phi) is 4.89. The number of furan rings is 1. The fraction of sp³-hybridized carbons (Fsp3) is 0.615. The number of hydrogen-bond acceptors (Lipinski definition) is 4. The molecule has 0 bridgehead atoms. The lowest BCUT2D eigenvalue weighted by Gasteiger charge is -2.34. The van der Waals surface area contributed by atoms with E-state index in [-0.39, 0.29) is 6.61 Å². The first kappa shape index (κ1) is 15.8. The number of morpholine rings is 1. The van der Waals surface area contributed by atoms with Gasteiger partial charge < -0.3 is 18.8 Å². The summed E-state index contributed by atoms with van der Waals surface area (Å²) in [7, 11) is 0. The van der Waals surface area contributed by atoms with Gasteiger partial charge in [-0.25, -0.2) is 0 Å². The second kappa shape index (κ2) is 6.48. The van der Waals surface area contributed by atoms with Gasteiger partial charge in [-0.15, -0.1) is 0 Å². The summed E-state index contributed by atoms with van der Waals surface area (Å²) in [5, 5.41) is 0. The molecular weight excluding hydrogens is 291 g/mol. The van der Waals surface area contributed by atoms with Crippen LogP contribution in [0.15, 0.2) is 16.5 Å². The quantitative estimate of drug-likeness (QED) is 0.854. The van der Waals surface area contributed by atoms with E-state index < -0.39 is 31.3 Å². The number of amides is 1. The van der Waals surface area contributed by atoms with Crippen molar-refractivity contribution in [1.29, 1.82) is 0 Å². The van der Waals surface area contributed by atoms with Crippen molar-refractivity contribution < 1.29 is 31.9 Å². The van der Waals surface area contributed by atoms with Crippen LogP contribution in [0, 0.1) is 6.92 Å². The van der Waals surface area contributed by atoms with Gasteiger partial charge in [0, 0.05) is 6.54 Å². The van der Waals surface area contributed by atoms with Gasteiger partial charge in [0.1, 0.15) is 30.8 Å². The standard InChI is InChI=1S/C13H16F3NO4/c1-9-2-3-11(21-9)10-6-19-5-4-17(10)12(18)7-20-8-13(14,15)16/h2-3,10H,4-8H2,1H3/t10-/m0/s1. The molecule has 0 spiro atoms. The number of aryl methyl sites for hydroxylation is 1. The molecule has 1 aromatic rings. The van der Waals surface area contributed by atoms with Gasteiger partial charge in [-0.2, -0.15) is 13.2 Å². The van der Waals surface area contributed by atoms with Gasteiger partial charge in [0.2, 0.25) is 5.91 Å². The summed E-state index contributed by atoms with van der Waals surface area (Å²) >= 11 is 0. The number of ether oxygens (including phenoxy) is 2. The van der Waals surface area contributed by atoms with E-state index in [1.54, 1.807) is 19.1 Å². The monoisotopic (exact) mass is 307 g/mol. The van der Waals surface area contributed by atoms with Crippen LogP contribution in [0.5, 0.6) is 0 Å². The van der Waals surface area contributed by atoms with Crippen molar-refractivity contribution in [3.05, 3.63) is 23.7 Å². The summed E-state index contributed by atoms with van der Waals surface area (Å²) in [5.41, 5.74) is 0. The van der Waals surface area contributed by atoms with Crippen LogP contribution in [0.3, 0.4) is 0 Å². The molecule has 0 aliphatic carbocycles. The van der Waals surface area contributed by atoms with Crippen LogP contribution in [0.25, 0.3) is 0 Å². The third-order valence-corrected chi connectivity index (χ3v) is 3.03. The highest BCUT2D eigenvalue weighted by atomic mass is 19.4. The second-order valence-electron chi connectivity index (χ2n) is 4.73. The summed E-state index contributed by atoms with van der Waals surface area (Å²) in [5.74, 6) is 0.731. The molecule has 2 heterocycles. The van der Waals surface area contributed by atoms with Gasteiger partial charge in [0.15, 0.2) is 0 Å². The van der Waals surface area contributed by atoms with Crippen LogP contribution in [-0.4, -0.2) is 50.0 Å². The molecule has 2 rings (SSSR count). The van der Waals surface area contributed by atoms with Gasteiger partial charge in [-0.3, -0.25) is 4.79 Å². The molecule has 0 saturated carbocycles. The summed E-state index contributed by atoms with van der Waals surface area (Å²) in [6, 6.07) is 3.05. The van der Waals surface area contributed by atoms with E-state index in [4.69, 9.17) is 9.15 Å². The highest BCUT2D eigenvalue weighted by Gasteiger charge is 2.32. The van der Waals surface area contributed by atoms with Gasteiger partial charge in [0.05, 0.1) is 13.2 Å². The smallest absolute Gasteiger partial charge is 0.411 e. The van der Waals surface area contributed by atoms with Crippen molar-refractivity contribution in [2.45, 2.75) is 19.1 Å². The normalized spacial score (nSPS) is 19.8. The maximum Gasteiger partial charge on any atom is 0.411 e. The van der Waals surface area contributed by atoms with Crippen LogP contribution in [0.2, 0.25) is 0 Å². The maximum absolute atomic E-state index is 12.0. The number of carbonyl (C=O) groups excluding carboxylic acids is 1. The summed E-state index contributed by atoms with van der Waals surface area (Å²) in [6.45, 7) is 0.590. The van der Waals surface area contributed by atoms with Crippen molar-refractivity contribution in [3.8, 4) is 0 Å². The average molecular weight is 307 g/mol. The third kappa shape index (κ3) is 4.47. The Hall–Kier alpha value is -1.54. The summed E-state index contributed by atoms with van der Waals surface area (Å²) in [4.78, 5) is 13.4. The van der Waals surface area contributed by atoms with E-state index in [1.807, 2.05) is 0 Å². The number of rotatable bonds is 4. The molecule has 1 fully saturated rings. The van der Waals surface area contributed by atoms with E-state index in [0.717, 1.165) is 0 Å². The Bertz CT molecular complexity index is 486. The van der Waals surface area contributed by atoms with E-state index in [9.17, 15) is 18.0 Å². The first-order chi connectivity index (χ1) is 9.87. The fourth-order valence-corrected chi connectivity index (χ4v) is 2.11. The second-order valence-corrected chi connectivity index (χ2v) is 4.73. The predicted octanol–water partition coefficient (Wildman–Crippen LogP) is 2.07. The maximum atomic E-state index is 12.0. The Labute approximate surface area is 119 Å². The van der Waals surface area contributed by atoms with Crippen molar-refractivity contribution in [2.24, 2.45) is 0 Å². The molecule has 1 saturated heterocycles. The zero-order chi connectivity index (χ0) is 15.5.